The summed E-state index contributed by atoms with van der Waals surface area (Å²) in [5, 5.41) is 0. The van der Waals surface area contributed by atoms with Crippen molar-refractivity contribution in [3.05, 3.63) is 43.1 Å². The minimum atomic E-state index is 0.720. The molecule has 6 nitrogen and oxygen atoms in total. The summed E-state index contributed by atoms with van der Waals surface area (Å²) in [6, 6.07) is 12.3. The third-order valence-electron chi connectivity index (χ3n) is 7.36. The molecule has 0 spiro atoms. The molecule has 0 aromatic heterocycles. The van der Waals surface area contributed by atoms with Crippen LogP contribution in [0.15, 0.2) is 36.4 Å². The molecule has 0 unspecified atom stereocenters. The average molecular weight is 606 g/mol. The van der Waals surface area contributed by atoms with Crippen LogP contribution in [0.4, 0.5) is 11.4 Å². The van der Waals surface area contributed by atoms with Crippen molar-refractivity contribution in [2.45, 2.75) is 77.0 Å². The fourth-order valence-corrected chi connectivity index (χ4v) is 5.32. The first-order chi connectivity index (χ1) is 19.4. The van der Waals surface area contributed by atoms with E-state index in [4.69, 9.17) is 18.9 Å². The van der Waals surface area contributed by atoms with Crippen molar-refractivity contribution in [3.8, 4) is 23.0 Å². The Morgan fingerprint density at radius 3 is 1.08 bits per heavy atom. The van der Waals surface area contributed by atoms with E-state index in [1.807, 2.05) is 12.1 Å². The molecule has 3 aliphatic rings. The van der Waals surface area contributed by atoms with Gasteiger partial charge in [0.2, 0.25) is 6.67 Å². The van der Waals surface area contributed by atoms with Crippen molar-refractivity contribution in [2.75, 3.05) is 49.3 Å². The van der Waals surface area contributed by atoms with Crippen LogP contribution in [0.25, 0.3) is 0 Å². The van der Waals surface area contributed by atoms with Gasteiger partial charge in [0.05, 0.1) is 26.4 Å². The van der Waals surface area contributed by atoms with Gasteiger partial charge in [-0.1, -0.05) is 63.5 Å². The van der Waals surface area contributed by atoms with Gasteiger partial charge in [0, 0.05) is 13.1 Å². The van der Waals surface area contributed by atoms with E-state index in [1.165, 1.54) is 51.4 Å². The predicted molar refractivity (Wildman–Crippen MR) is 154 cm³/mol. The monoisotopic (exact) mass is 604 g/mol. The van der Waals surface area contributed by atoms with E-state index in [9.17, 15) is 0 Å². The number of anilines is 2. The summed E-state index contributed by atoms with van der Waals surface area (Å²) in [5.74, 6) is 3.48. The molecule has 3 aliphatic heterocycles. The second-order valence-electron chi connectivity index (χ2n) is 10.2. The fraction of sp³-hybridized carbons (Fsp3) is 0.581. The Morgan fingerprint density at radius 2 is 0.769 bits per heavy atom. The SMILES string of the molecule is [C]1N2CCN1c1c3cccc1OCCCCCCCCOc1cccc(c12)OCCCCCCCCO3.[Cl][Cu]. The van der Waals surface area contributed by atoms with Crippen molar-refractivity contribution < 1.29 is 34.0 Å². The van der Waals surface area contributed by atoms with Crippen LogP contribution in [0.2, 0.25) is 0 Å². The van der Waals surface area contributed by atoms with Gasteiger partial charge in [0.15, 0.2) is 0 Å². The topological polar surface area (TPSA) is 43.4 Å². The van der Waals surface area contributed by atoms with Crippen LogP contribution in [-0.4, -0.2) is 39.5 Å². The molecular weight excluding hydrogens is 563 g/mol. The van der Waals surface area contributed by atoms with Crippen LogP contribution >= 0.6 is 10.1 Å². The molecule has 3 heterocycles. The summed E-state index contributed by atoms with van der Waals surface area (Å²) in [7, 11) is 4.20. The molecule has 0 saturated carbocycles. The maximum absolute atomic E-state index is 6.36. The summed E-state index contributed by atoms with van der Waals surface area (Å²) in [5.41, 5.74) is 1.94. The van der Waals surface area contributed by atoms with Crippen molar-refractivity contribution >= 4 is 21.5 Å². The maximum atomic E-state index is 6.36. The first-order valence-corrected chi connectivity index (χ1v) is 15.9. The summed E-state index contributed by atoms with van der Waals surface area (Å²) >= 11 is 3.66. The number of halogens is 1. The number of para-hydroxylation sites is 2. The first-order valence-electron chi connectivity index (χ1n) is 14.6. The molecule has 218 valence electrons. The number of hydrogen-bond acceptors (Lipinski definition) is 6. The molecule has 1 fully saturated rings. The van der Waals surface area contributed by atoms with Crippen LogP contribution < -0.4 is 28.7 Å². The summed E-state index contributed by atoms with van der Waals surface area (Å²) in [6.45, 7) is 8.06. The number of hydrogen-bond donors (Lipinski definition) is 0. The standard InChI is InChI=1S/C31H42N2O4.ClH.Cu/c1-2-6-10-22-35-27-16-14-18-29-31(27)33-20-19-32(25-33)30-26(34-21-9-5-1)15-13-17-28(30)36-23-11-7-3-4-8-12-24-37-29;;/h13-18H,1-12,19-24H2;1H;/q;;+1/p-1. The Morgan fingerprint density at radius 1 is 0.487 bits per heavy atom. The van der Waals surface area contributed by atoms with E-state index in [2.05, 4.69) is 65.9 Å². The Kier molecular flexibility index (Phi) is 13.1. The third kappa shape index (κ3) is 8.77. The van der Waals surface area contributed by atoms with Crippen LogP contribution in [0.1, 0.15) is 77.0 Å². The Labute approximate surface area is 247 Å². The van der Waals surface area contributed by atoms with Gasteiger partial charge in [-0.15, -0.1) is 0 Å². The fourth-order valence-electron chi connectivity index (χ4n) is 5.32. The van der Waals surface area contributed by atoms with Crippen molar-refractivity contribution in [1.29, 1.82) is 0 Å². The molecule has 8 heteroatoms. The molecule has 2 aromatic carbocycles. The van der Waals surface area contributed by atoms with Crippen LogP contribution in [0, 0.1) is 6.67 Å². The molecule has 4 bridgehead atoms. The molecule has 39 heavy (non-hydrogen) atoms. The number of nitrogens with zero attached hydrogens (tertiary/aromatic N) is 2. The molecule has 1 saturated heterocycles. The zero-order valence-corrected chi connectivity index (χ0v) is 24.6. The molecule has 5 rings (SSSR count). The summed E-state index contributed by atoms with van der Waals surface area (Å²) < 4.78 is 25.4. The zero-order chi connectivity index (χ0) is 27.1. The van der Waals surface area contributed by atoms with E-state index in [0.29, 0.717) is 0 Å². The molecule has 0 atom stereocenters. The van der Waals surface area contributed by atoms with Gasteiger partial charge in [0.1, 0.15) is 34.4 Å². The number of rotatable bonds is 0. The first kappa shape index (κ1) is 30.0. The van der Waals surface area contributed by atoms with Gasteiger partial charge in [-0.2, -0.15) is 0 Å². The van der Waals surface area contributed by atoms with E-state index >= 15 is 0 Å². The average Bonchev–Trinajstić information content (AvgIpc) is 3.44. The molecular formula is C31H42ClCuN2O4. The Bertz CT molecular complexity index is 857. The summed E-state index contributed by atoms with van der Waals surface area (Å²) in [4.78, 5) is 4.31. The number of benzene rings is 2. The van der Waals surface area contributed by atoms with Crippen molar-refractivity contribution in [2.24, 2.45) is 0 Å². The molecule has 0 aliphatic carbocycles. The van der Waals surface area contributed by atoms with Gasteiger partial charge in [0.25, 0.3) is 0 Å². The van der Waals surface area contributed by atoms with Gasteiger partial charge < -0.3 is 28.7 Å². The van der Waals surface area contributed by atoms with E-state index < -0.39 is 0 Å². The molecule has 2 aromatic rings. The molecule has 0 amide bonds. The van der Waals surface area contributed by atoms with Crippen LogP contribution in [-0.2, 0) is 15.1 Å². The van der Waals surface area contributed by atoms with Crippen molar-refractivity contribution in [1.82, 2.24) is 0 Å². The van der Waals surface area contributed by atoms with E-state index in [1.54, 1.807) is 0 Å². The van der Waals surface area contributed by atoms with Gasteiger partial charge in [-0.05, 0) is 49.9 Å². The minimum absolute atomic E-state index is 0.720. The van der Waals surface area contributed by atoms with Crippen LogP contribution in [0.3, 0.4) is 0 Å². The Balaban J connectivity index is 0.00000172. The van der Waals surface area contributed by atoms with E-state index in [0.717, 1.165) is 99.6 Å². The Hall–Kier alpha value is -1.95. The van der Waals surface area contributed by atoms with Crippen molar-refractivity contribution in [3.63, 3.8) is 0 Å². The quantitative estimate of drug-likeness (QED) is 0.284. The predicted octanol–water partition coefficient (Wildman–Crippen LogP) is 7.92. The zero-order valence-electron chi connectivity index (χ0n) is 22.9. The van der Waals surface area contributed by atoms with Gasteiger partial charge in [-0.25, -0.2) is 0 Å². The van der Waals surface area contributed by atoms with Gasteiger partial charge >= 0.3 is 25.2 Å². The number of ether oxygens (including phenoxy) is 4. The second kappa shape index (κ2) is 17.0. The van der Waals surface area contributed by atoms with E-state index in [-0.39, 0.29) is 0 Å². The second-order valence-corrected chi connectivity index (χ2v) is 10.2. The molecule has 2 radical (unpaired) electrons. The normalized spacial score (nSPS) is 19.4. The van der Waals surface area contributed by atoms with Gasteiger partial charge in [-0.3, -0.25) is 0 Å². The molecule has 0 N–H and O–H groups in total. The summed E-state index contributed by atoms with van der Waals surface area (Å²) in [6.07, 6.45) is 13.9. The third-order valence-corrected chi connectivity index (χ3v) is 7.36. The van der Waals surface area contributed by atoms with Crippen LogP contribution in [0.5, 0.6) is 23.0 Å².